The van der Waals surface area contributed by atoms with Crippen LogP contribution in [-0.2, 0) is 15.1 Å². The zero-order valence-electron chi connectivity index (χ0n) is 21.8. The Hall–Kier alpha value is -3.27. The van der Waals surface area contributed by atoms with Gasteiger partial charge in [-0.1, -0.05) is 41.4 Å². The Morgan fingerprint density at radius 3 is 2.46 bits per heavy atom. The standard InChI is InChI=1S/C30H24Cl2F3N3O3/c1-41-27-20(33)10-16(11-21(27)34)37-13-23-24(28(37)39)25(17-3-2-4-19(32)26(17)35)30(38(23)12-14-5-6-14)18-8-7-15(31)9-22(18)36-29(30)40/h2-4,7-11,14,23-25H,5-6,12-13H2,1H3,(H,36,40)/t23-,24+,25-,30+/m0/s1. The van der Waals surface area contributed by atoms with Gasteiger partial charge in [0.05, 0.1) is 18.1 Å². The number of fused-ring (bicyclic) bond motifs is 3. The fourth-order valence-electron chi connectivity index (χ4n) is 7.15. The van der Waals surface area contributed by atoms with Gasteiger partial charge in [-0.25, -0.2) is 13.2 Å². The minimum absolute atomic E-state index is 0.0222. The number of nitrogens with one attached hydrogen (secondary N) is 1. The molecule has 3 aromatic carbocycles. The fourth-order valence-corrected chi connectivity index (χ4v) is 7.50. The summed E-state index contributed by atoms with van der Waals surface area (Å²) in [5.41, 5.74) is -0.173. The van der Waals surface area contributed by atoms with Gasteiger partial charge in [-0.3, -0.25) is 14.5 Å². The second-order valence-electron chi connectivity index (χ2n) is 11.1. The number of amides is 2. The minimum atomic E-state index is -1.43. The summed E-state index contributed by atoms with van der Waals surface area (Å²) in [6.07, 6.45) is 1.92. The normalized spacial score (nSPS) is 27.0. The molecule has 3 fully saturated rings. The van der Waals surface area contributed by atoms with E-state index in [-0.39, 0.29) is 28.7 Å². The van der Waals surface area contributed by atoms with Crippen molar-refractivity contribution in [2.45, 2.75) is 30.3 Å². The van der Waals surface area contributed by atoms with Gasteiger partial charge in [0.2, 0.25) is 11.8 Å². The van der Waals surface area contributed by atoms with Crippen LogP contribution in [0.2, 0.25) is 10.0 Å². The maximum absolute atomic E-state index is 15.9. The number of benzene rings is 3. The van der Waals surface area contributed by atoms with Crippen molar-refractivity contribution in [3.63, 3.8) is 0 Å². The molecule has 0 bridgehead atoms. The lowest BCUT2D eigenvalue weighted by atomic mass is 9.71. The van der Waals surface area contributed by atoms with Gasteiger partial charge < -0.3 is 15.0 Å². The van der Waals surface area contributed by atoms with Crippen molar-refractivity contribution in [2.75, 3.05) is 30.4 Å². The molecule has 3 aliphatic heterocycles. The number of likely N-dealkylation sites (tertiary alicyclic amines) is 1. The number of carbonyl (C=O) groups is 2. The number of carbonyl (C=O) groups excluding carboxylic acids is 2. The van der Waals surface area contributed by atoms with Gasteiger partial charge in [-0.05, 0) is 42.5 Å². The maximum atomic E-state index is 15.9. The lowest BCUT2D eigenvalue weighted by Gasteiger charge is -2.41. The summed E-state index contributed by atoms with van der Waals surface area (Å²) in [4.78, 5) is 31.9. The molecular weight excluding hydrogens is 578 g/mol. The van der Waals surface area contributed by atoms with Crippen molar-refractivity contribution in [1.82, 2.24) is 4.90 Å². The highest BCUT2D eigenvalue weighted by Crippen LogP contribution is 2.62. The van der Waals surface area contributed by atoms with Crippen LogP contribution in [0.5, 0.6) is 5.75 Å². The number of hydrogen-bond acceptors (Lipinski definition) is 4. The predicted molar refractivity (Wildman–Crippen MR) is 148 cm³/mol. The van der Waals surface area contributed by atoms with E-state index in [0.29, 0.717) is 28.7 Å². The van der Waals surface area contributed by atoms with Crippen molar-refractivity contribution in [3.8, 4) is 5.75 Å². The molecule has 3 heterocycles. The van der Waals surface area contributed by atoms with E-state index in [1.165, 1.54) is 11.0 Å². The highest BCUT2D eigenvalue weighted by atomic mass is 35.5. The van der Waals surface area contributed by atoms with Crippen LogP contribution < -0.4 is 15.0 Å². The molecule has 4 aliphatic rings. The summed E-state index contributed by atoms with van der Waals surface area (Å²) in [7, 11) is 1.16. The van der Waals surface area contributed by atoms with Gasteiger partial charge in [0.25, 0.3) is 0 Å². The number of hydrogen-bond donors (Lipinski definition) is 1. The van der Waals surface area contributed by atoms with E-state index < -0.39 is 52.5 Å². The van der Waals surface area contributed by atoms with Crippen molar-refractivity contribution < 1.29 is 27.5 Å². The number of methoxy groups -OCH3 is 1. The summed E-state index contributed by atoms with van der Waals surface area (Å²) >= 11 is 12.5. The van der Waals surface area contributed by atoms with E-state index >= 15 is 4.39 Å². The van der Waals surface area contributed by atoms with Crippen molar-refractivity contribution in [3.05, 3.63) is 87.2 Å². The molecular formula is C30H24Cl2F3N3O3. The van der Waals surface area contributed by atoms with Crippen LogP contribution in [0.4, 0.5) is 24.5 Å². The van der Waals surface area contributed by atoms with Gasteiger partial charge in [-0.2, -0.15) is 0 Å². The lowest BCUT2D eigenvalue weighted by Crippen LogP contribution is -2.54. The first-order valence-corrected chi connectivity index (χ1v) is 14.1. The van der Waals surface area contributed by atoms with Crippen molar-refractivity contribution >= 4 is 46.4 Å². The fraction of sp³-hybridized carbons (Fsp3) is 0.333. The van der Waals surface area contributed by atoms with Crippen LogP contribution in [-0.4, -0.2) is 43.0 Å². The van der Waals surface area contributed by atoms with Crippen LogP contribution in [0.1, 0.15) is 29.9 Å². The van der Waals surface area contributed by atoms with Crippen molar-refractivity contribution in [2.24, 2.45) is 11.8 Å². The van der Waals surface area contributed by atoms with Crippen LogP contribution in [0.3, 0.4) is 0 Å². The SMILES string of the molecule is COc1c(F)cc(N2C[C@H]3[C@@H](C2=O)[C@H](c2cccc(Cl)c2F)[C@]2(C(=O)Nc4cc(Cl)ccc42)N3CC2CC2)cc1F. The van der Waals surface area contributed by atoms with E-state index in [1.807, 2.05) is 4.90 Å². The number of halogens is 5. The summed E-state index contributed by atoms with van der Waals surface area (Å²) in [6, 6.07) is 11.2. The maximum Gasteiger partial charge on any atom is 0.250 e. The molecule has 212 valence electrons. The topological polar surface area (TPSA) is 61.9 Å². The first-order chi connectivity index (χ1) is 19.7. The third-order valence-electron chi connectivity index (χ3n) is 8.95. The zero-order valence-corrected chi connectivity index (χ0v) is 23.3. The minimum Gasteiger partial charge on any atom is -0.491 e. The number of anilines is 2. The Morgan fingerprint density at radius 2 is 1.78 bits per heavy atom. The van der Waals surface area contributed by atoms with E-state index in [4.69, 9.17) is 27.9 Å². The van der Waals surface area contributed by atoms with E-state index in [9.17, 15) is 18.4 Å². The van der Waals surface area contributed by atoms with Gasteiger partial charge in [0.15, 0.2) is 17.4 Å². The molecule has 0 radical (unpaired) electrons. The Balaban J connectivity index is 1.44. The quantitative estimate of drug-likeness (QED) is 0.383. The van der Waals surface area contributed by atoms with Crippen LogP contribution in [0.15, 0.2) is 48.5 Å². The Morgan fingerprint density at radius 1 is 1.05 bits per heavy atom. The summed E-state index contributed by atoms with van der Waals surface area (Å²) in [5.74, 6) is -5.61. The Bertz CT molecular complexity index is 1610. The van der Waals surface area contributed by atoms with E-state index in [2.05, 4.69) is 5.32 Å². The largest absolute Gasteiger partial charge is 0.491 e. The molecule has 2 amide bonds. The second kappa shape index (κ2) is 9.37. The number of ether oxygens (including phenoxy) is 1. The third-order valence-corrected chi connectivity index (χ3v) is 9.48. The van der Waals surface area contributed by atoms with Gasteiger partial charge in [0, 0.05) is 59.1 Å². The van der Waals surface area contributed by atoms with Gasteiger partial charge in [0.1, 0.15) is 11.4 Å². The molecule has 41 heavy (non-hydrogen) atoms. The highest BCUT2D eigenvalue weighted by Gasteiger charge is 2.71. The molecule has 2 saturated heterocycles. The van der Waals surface area contributed by atoms with Crippen LogP contribution in [0.25, 0.3) is 0 Å². The molecule has 1 N–H and O–H groups in total. The monoisotopic (exact) mass is 601 g/mol. The summed E-state index contributed by atoms with van der Waals surface area (Å²) in [5, 5.41) is 3.23. The Kier molecular flexibility index (Phi) is 6.09. The molecule has 0 unspecified atom stereocenters. The lowest BCUT2D eigenvalue weighted by molar-refractivity contribution is -0.128. The summed E-state index contributed by atoms with van der Waals surface area (Å²) in [6.45, 7) is 0.542. The molecule has 6 nitrogen and oxygen atoms in total. The third kappa shape index (κ3) is 3.75. The molecule has 11 heteroatoms. The van der Waals surface area contributed by atoms with E-state index in [0.717, 1.165) is 32.1 Å². The smallest absolute Gasteiger partial charge is 0.250 e. The van der Waals surface area contributed by atoms with Gasteiger partial charge in [-0.15, -0.1) is 0 Å². The van der Waals surface area contributed by atoms with E-state index in [1.54, 1.807) is 30.3 Å². The summed E-state index contributed by atoms with van der Waals surface area (Å²) < 4.78 is 50.2. The molecule has 7 rings (SSSR count). The highest BCUT2D eigenvalue weighted by molar-refractivity contribution is 6.31. The number of rotatable bonds is 5. The molecule has 0 aromatic heterocycles. The molecule has 1 saturated carbocycles. The van der Waals surface area contributed by atoms with Crippen LogP contribution >= 0.6 is 23.2 Å². The van der Waals surface area contributed by atoms with Crippen molar-refractivity contribution in [1.29, 1.82) is 0 Å². The van der Waals surface area contributed by atoms with Crippen LogP contribution in [0, 0.1) is 29.3 Å². The van der Waals surface area contributed by atoms with Gasteiger partial charge >= 0.3 is 0 Å². The molecule has 1 spiro atoms. The zero-order chi connectivity index (χ0) is 28.8. The average Bonchev–Trinajstić information content (AvgIpc) is 3.55. The second-order valence-corrected chi connectivity index (χ2v) is 12.0. The molecule has 1 aliphatic carbocycles. The Labute approximate surface area is 244 Å². The molecule has 4 atom stereocenters. The predicted octanol–water partition coefficient (Wildman–Crippen LogP) is 6.11. The first kappa shape index (κ1) is 26.6. The molecule has 3 aromatic rings. The first-order valence-electron chi connectivity index (χ1n) is 13.3. The average molecular weight is 602 g/mol. The number of nitrogens with zero attached hydrogens (tertiary/aromatic N) is 2.